The van der Waals surface area contributed by atoms with Gasteiger partial charge in [-0.05, 0) is 23.1 Å². The molecule has 1 aliphatic rings. The average molecular weight is 336 g/mol. The smallest absolute Gasteiger partial charge is 0.238 e. The molecule has 124 valence electrons. The van der Waals surface area contributed by atoms with Crippen LogP contribution in [0, 0.1) is 5.41 Å². The van der Waals surface area contributed by atoms with Crippen LogP contribution in [0.5, 0.6) is 0 Å². The van der Waals surface area contributed by atoms with Crippen LogP contribution in [-0.4, -0.2) is 25.5 Å². The van der Waals surface area contributed by atoms with Gasteiger partial charge in [0.15, 0.2) is 5.78 Å². The molecule has 0 fully saturated rings. The van der Waals surface area contributed by atoms with Crippen molar-refractivity contribution in [2.75, 3.05) is 0 Å². The number of aliphatic hydroxyl groups excluding tert-OH is 1. The number of allylic oxidation sites excluding steroid dienone is 2. The number of aliphatic hydroxyl groups is 1. The molecule has 0 saturated heterocycles. The van der Waals surface area contributed by atoms with E-state index in [1.54, 1.807) is 12.1 Å². The molecule has 0 aliphatic heterocycles. The predicted molar refractivity (Wildman–Crippen MR) is 87.7 cm³/mol. The zero-order chi connectivity index (χ0) is 17.3. The van der Waals surface area contributed by atoms with Crippen molar-refractivity contribution >= 4 is 22.0 Å². The number of benzene rings is 1. The predicted octanol–water partition coefficient (Wildman–Crippen LogP) is 2.11. The highest BCUT2D eigenvalue weighted by molar-refractivity contribution is 7.89. The summed E-state index contributed by atoms with van der Waals surface area (Å²) in [6.07, 6.45) is 2.21. The van der Waals surface area contributed by atoms with Gasteiger partial charge in [-0.25, -0.2) is 13.6 Å². The van der Waals surface area contributed by atoms with Gasteiger partial charge in [-0.3, -0.25) is 9.79 Å². The first kappa shape index (κ1) is 17.4. The Morgan fingerprint density at radius 3 is 2.39 bits per heavy atom. The minimum atomic E-state index is -3.71. The van der Waals surface area contributed by atoms with E-state index >= 15 is 0 Å². The molecule has 0 atom stereocenters. The van der Waals surface area contributed by atoms with Crippen LogP contribution in [0.15, 0.2) is 45.5 Å². The molecule has 0 spiro atoms. The van der Waals surface area contributed by atoms with Crippen molar-refractivity contribution in [3.8, 4) is 0 Å². The van der Waals surface area contributed by atoms with Crippen molar-refractivity contribution < 1.29 is 18.3 Å². The van der Waals surface area contributed by atoms with Crippen molar-refractivity contribution in [2.24, 2.45) is 15.5 Å². The number of primary sulfonamides is 1. The molecular weight excluding hydrogens is 316 g/mol. The fourth-order valence-electron chi connectivity index (χ4n) is 2.48. The molecule has 6 nitrogen and oxygen atoms in total. The topological polar surface area (TPSA) is 110 Å². The van der Waals surface area contributed by atoms with Crippen LogP contribution in [0.25, 0.3) is 0 Å². The summed E-state index contributed by atoms with van der Waals surface area (Å²) in [6.45, 7) is 4.14. The first-order valence-electron chi connectivity index (χ1n) is 7.15. The number of carbonyl (C=O) groups excluding carboxylic acids is 1. The van der Waals surface area contributed by atoms with E-state index in [-0.39, 0.29) is 34.0 Å². The summed E-state index contributed by atoms with van der Waals surface area (Å²) in [5.41, 5.74) is 0.796. The van der Waals surface area contributed by atoms with Crippen LogP contribution < -0.4 is 5.14 Å². The normalized spacial score (nSPS) is 18.7. The van der Waals surface area contributed by atoms with E-state index in [2.05, 4.69) is 4.99 Å². The Hall–Kier alpha value is -1.99. The molecule has 0 aromatic heterocycles. The lowest BCUT2D eigenvalue weighted by molar-refractivity contribution is -0.117. The van der Waals surface area contributed by atoms with Crippen LogP contribution in [0.4, 0.5) is 0 Å². The monoisotopic (exact) mass is 336 g/mol. The third-order valence-corrected chi connectivity index (χ3v) is 4.57. The molecule has 2 rings (SSSR count). The van der Waals surface area contributed by atoms with E-state index in [0.717, 1.165) is 5.56 Å². The molecule has 1 aliphatic carbocycles. The number of ketones is 1. The summed E-state index contributed by atoms with van der Waals surface area (Å²) in [5, 5.41) is 15.0. The van der Waals surface area contributed by atoms with E-state index < -0.39 is 10.0 Å². The third-order valence-electron chi connectivity index (χ3n) is 3.64. The number of hydrogen-bond donors (Lipinski definition) is 2. The second kappa shape index (κ2) is 6.25. The fourth-order valence-corrected chi connectivity index (χ4v) is 2.99. The summed E-state index contributed by atoms with van der Waals surface area (Å²) in [4.78, 5) is 16.2. The van der Waals surface area contributed by atoms with Gasteiger partial charge in [-0.2, -0.15) is 0 Å². The average Bonchev–Trinajstić information content (AvgIpc) is 2.40. The first-order chi connectivity index (χ1) is 10.6. The Balaban J connectivity index is 2.09. The van der Waals surface area contributed by atoms with Crippen molar-refractivity contribution in [2.45, 2.75) is 38.1 Å². The molecule has 1 aromatic carbocycles. The van der Waals surface area contributed by atoms with Crippen LogP contribution >= 0.6 is 0 Å². The Morgan fingerprint density at radius 2 is 1.87 bits per heavy atom. The molecule has 0 heterocycles. The molecule has 0 bridgehead atoms. The van der Waals surface area contributed by atoms with E-state index in [9.17, 15) is 18.3 Å². The summed E-state index contributed by atoms with van der Waals surface area (Å²) < 4.78 is 22.3. The number of carbonyl (C=O) groups is 1. The van der Waals surface area contributed by atoms with E-state index in [1.165, 1.54) is 18.3 Å². The molecule has 3 N–H and O–H groups in total. The van der Waals surface area contributed by atoms with Gasteiger partial charge >= 0.3 is 0 Å². The number of sulfonamides is 1. The molecule has 0 unspecified atom stereocenters. The molecular formula is C16H20N2O4S. The molecule has 0 radical (unpaired) electrons. The summed E-state index contributed by atoms with van der Waals surface area (Å²) in [7, 11) is -3.71. The van der Waals surface area contributed by atoms with Crippen molar-refractivity contribution in [1.29, 1.82) is 0 Å². The zero-order valence-corrected chi connectivity index (χ0v) is 13.9. The number of nitrogens with zero attached hydrogens (tertiary/aromatic N) is 1. The van der Waals surface area contributed by atoms with Gasteiger partial charge in [-0.15, -0.1) is 0 Å². The molecule has 7 heteroatoms. The van der Waals surface area contributed by atoms with E-state index in [0.29, 0.717) is 12.8 Å². The first-order valence-corrected chi connectivity index (χ1v) is 8.70. The Kier molecular flexibility index (Phi) is 4.72. The number of Topliss-reactive ketones (excluding diaryl/α,β-unsaturated/α-hetero) is 1. The maximum Gasteiger partial charge on any atom is 0.238 e. The van der Waals surface area contributed by atoms with Gasteiger partial charge in [-0.1, -0.05) is 26.0 Å². The van der Waals surface area contributed by atoms with Gasteiger partial charge < -0.3 is 5.11 Å². The van der Waals surface area contributed by atoms with Gasteiger partial charge in [0.05, 0.1) is 17.0 Å². The van der Waals surface area contributed by atoms with Crippen LogP contribution in [0.3, 0.4) is 0 Å². The molecule has 0 saturated carbocycles. The van der Waals surface area contributed by atoms with Crippen LogP contribution in [-0.2, 0) is 21.4 Å². The third kappa shape index (κ3) is 4.49. The Morgan fingerprint density at radius 1 is 1.26 bits per heavy atom. The molecule has 0 amide bonds. The van der Waals surface area contributed by atoms with Gasteiger partial charge in [0.25, 0.3) is 0 Å². The van der Waals surface area contributed by atoms with Gasteiger partial charge in [0, 0.05) is 19.1 Å². The highest BCUT2D eigenvalue weighted by atomic mass is 32.2. The van der Waals surface area contributed by atoms with E-state index in [1.807, 2.05) is 13.8 Å². The lowest BCUT2D eigenvalue weighted by Crippen LogP contribution is -2.26. The summed E-state index contributed by atoms with van der Waals surface area (Å²) >= 11 is 0. The minimum Gasteiger partial charge on any atom is -0.511 e. The quantitative estimate of drug-likeness (QED) is 0.820. The SMILES string of the molecule is CC1(C)CC(=O)C(C=NCc2ccc(S(N)(=O)=O)cc2)=C(O)C1. The maximum absolute atomic E-state index is 12.0. The molecule has 23 heavy (non-hydrogen) atoms. The lowest BCUT2D eigenvalue weighted by Gasteiger charge is -2.28. The second-order valence-electron chi connectivity index (χ2n) is 6.46. The van der Waals surface area contributed by atoms with Crippen molar-refractivity contribution in [1.82, 2.24) is 0 Å². The van der Waals surface area contributed by atoms with Crippen molar-refractivity contribution in [3.05, 3.63) is 41.2 Å². The number of nitrogens with two attached hydrogens (primary N) is 1. The van der Waals surface area contributed by atoms with Crippen LogP contribution in [0.1, 0.15) is 32.3 Å². The molecule has 1 aromatic rings. The zero-order valence-electron chi connectivity index (χ0n) is 13.1. The Bertz CT molecular complexity index is 775. The number of aliphatic imine (C=N–C) groups is 1. The summed E-state index contributed by atoms with van der Waals surface area (Å²) in [6, 6.07) is 6.03. The highest BCUT2D eigenvalue weighted by Crippen LogP contribution is 2.35. The van der Waals surface area contributed by atoms with E-state index in [4.69, 9.17) is 5.14 Å². The summed E-state index contributed by atoms with van der Waals surface area (Å²) in [5.74, 6) is -0.0494. The standard InChI is InChI=1S/C16H20N2O4S/c1-16(2)7-14(19)13(15(20)8-16)10-18-9-11-3-5-12(6-4-11)23(17,21)22/h3-6,10,19H,7-9H2,1-2H3,(H2,17,21,22). The minimum absolute atomic E-state index is 0.0373. The number of hydrogen-bond acceptors (Lipinski definition) is 5. The lowest BCUT2D eigenvalue weighted by atomic mass is 9.77. The Labute approximate surface area is 135 Å². The van der Waals surface area contributed by atoms with Gasteiger partial charge in [0.2, 0.25) is 10.0 Å². The highest BCUT2D eigenvalue weighted by Gasteiger charge is 2.32. The fraction of sp³-hybridized carbons (Fsp3) is 0.375. The van der Waals surface area contributed by atoms with Gasteiger partial charge in [0.1, 0.15) is 5.76 Å². The maximum atomic E-state index is 12.0. The largest absolute Gasteiger partial charge is 0.511 e. The second-order valence-corrected chi connectivity index (χ2v) is 8.02. The van der Waals surface area contributed by atoms with Crippen LogP contribution in [0.2, 0.25) is 0 Å². The van der Waals surface area contributed by atoms with Crippen molar-refractivity contribution in [3.63, 3.8) is 0 Å². The number of rotatable bonds is 4.